The summed E-state index contributed by atoms with van der Waals surface area (Å²) < 4.78 is 7.93. The summed E-state index contributed by atoms with van der Waals surface area (Å²) in [5.74, 6) is -0.0635. The highest BCUT2D eigenvalue weighted by atomic mass is 79.9. The Morgan fingerprint density at radius 1 is 1.24 bits per heavy atom. The van der Waals surface area contributed by atoms with Gasteiger partial charge in [-0.3, -0.25) is 9.59 Å². The number of amides is 1. The van der Waals surface area contributed by atoms with Crippen LogP contribution < -0.4 is 16.2 Å². The van der Waals surface area contributed by atoms with E-state index in [0.717, 1.165) is 16.7 Å². The second-order valence-corrected chi connectivity index (χ2v) is 10.2. The lowest BCUT2D eigenvalue weighted by Gasteiger charge is -2.39. The maximum absolute atomic E-state index is 13.1. The Labute approximate surface area is 204 Å². The van der Waals surface area contributed by atoms with E-state index in [9.17, 15) is 14.7 Å². The van der Waals surface area contributed by atoms with E-state index in [1.165, 1.54) is 10.6 Å². The van der Waals surface area contributed by atoms with Crippen molar-refractivity contribution in [3.05, 3.63) is 62.2 Å². The summed E-state index contributed by atoms with van der Waals surface area (Å²) in [6.07, 6.45) is 1.43. The third kappa shape index (κ3) is 3.46. The van der Waals surface area contributed by atoms with E-state index in [-0.39, 0.29) is 16.7 Å². The van der Waals surface area contributed by atoms with Gasteiger partial charge in [0.25, 0.3) is 11.5 Å². The van der Waals surface area contributed by atoms with Crippen LogP contribution >= 0.6 is 15.9 Å². The molecule has 9 heteroatoms. The Balaban J connectivity index is 1.57. The first-order chi connectivity index (χ1) is 16.1. The van der Waals surface area contributed by atoms with Crippen LogP contribution in [0, 0.1) is 6.92 Å². The standard InChI is InChI=1S/C25H25BrN4O4/c1-13-4-5-19-16(10-13)28-24(34-19)25(2)6-8-30(9-7-25)21-14-11-15(26)18(31)12-17(14)29(3)23(33)20(21)22(27)32/h4-5,10-12,31H,6-9H2,1-3H3,(H2,27,32). The number of aromatic nitrogens is 2. The number of fused-ring (bicyclic) bond motifs is 2. The molecule has 3 heterocycles. The van der Waals surface area contributed by atoms with E-state index in [1.807, 2.05) is 30.0 Å². The molecule has 8 nitrogen and oxygen atoms in total. The van der Waals surface area contributed by atoms with E-state index in [1.54, 1.807) is 13.1 Å². The number of phenolic OH excluding ortho intramolecular Hbond substituents is 1. The van der Waals surface area contributed by atoms with Gasteiger partial charge in [-0.25, -0.2) is 4.98 Å². The summed E-state index contributed by atoms with van der Waals surface area (Å²) in [5.41, 5.74) is 8.62. The van der Waals surface area contributed by atoms with Crippen molar-refractivity contribution in [2.24, 2.45) is 12.8 Å². The van der Waals surface area contributed by atoms with Crippen molar-refractivity contribution in [1.82, 2.24) is 9.55 Å². The Bertz CT molecular complexity index is 1530. The normalized spacial score (nSPS) is 15.8. The molecule has 1 saturated heterocycles. The second-order valence-electron chi connectivity index (χ2n) is 9.31. The third-order valence-corrected chi connectivity index (χ3v) is 7.56. The van der Waals surface area contributed by atoms with Gasteiger partial charge in [-0.1, -0.05) is 13.0 Å². The molecule has 0 atom stereocenters. The number of oxazole rings is 1. The maximum Gasteiger partial charge on any atom is 0.265 e. The summed E-state index contributed by atoms with van der Waals surface area (Å²) in [6, 6.07) is 9.20. The zero-order valence-electron chi connectivity index (χ0n) is 19.2. The highest BCUT2D eigenvalue weighted by Crippen LogP contribution is 2.41. The molecular formula is C25H25BrN4O4. The first-order valence-electron chi connectivity index (χ1n) is 11.1. The number of aromatic hydroxyl groups is 1. The van der Waals surface area contributed by atoms with Gasteiger partial charge in [0.2, 0.25) is 5.89 Å². The molecule has 1 fully saturated rings. The van der Waals surface area contributed by atoms with Crippen molar-refractivity contribution in [1.29, 1.82) is 0 Å². The van der Waals surface area contributed by atoms with E-state index in [4.69, 9.17) is 15.1 Å². The van der Waals surface area contributed by atoms with Crippen LogP contribution in [0.15, 0.2) is 44.0 Å². The molecule has 0 saturated carbocycles. The van der Waals surface area contributed by atoms with Gasteiger partial charge in [-0.15, -0.1) is 0 Å². The molecule has 1 amide bonds. The molecule has 2 aromatic heterocycles. The van der Waals surface area contributed by atoms with Crippen LogP contribution in [0.1, 0.15) is 41.6 Å². The molecule has 0 bridgehead atoms. The largest absolute Gasteiger partial charge is 0.507 e. The minimum atomic E-state index is -0.774. The van der Waals surface area contributed by atoms with Crippen LogP contribution in [0.25, 0.3) is 22.0 Å². The number of anilines is 1. The summed E-state index contributed by atoms with van der Waals surface area (Å²) in [7, 11) is 1.57. The average Bonchev–Trinajstić information content (AvgIpc) is 3.22. The van der Waals surface area contributed by atoms with Crippen LogP contribution in [0.3, 0.4) is 0 Å². The van der Waals surface area contributed by atoms with Crippen molar-refractivity contribution in [3.63, 3.8) is 0 Å². The lowest BCUT2D eigenvalue weighted by atomic mass is 9.80. The molecule has 3 N–H and O–H groups in total. The number of aryl methyl sites for hydroxylation is 2. The average molecular weight is 525 g/mol. The molecule has 1 aliphatic rings. The fourth-order valence-corrected chi connectivity index (χ4v) is 5.16. The Kier molecular flexibility index (Phi) is 5.20. The quantitative estimate of drug-likeness (QED) is 0.416. The van der Waals surface area contributed by atoms with Crippen LogP contribution in [0.5, 0.6) is 5.75 Å². The topological polar surface area (TPSA) is 115 Å². The zero-order chi connectivity index (χ0) is 24.4. The lowest BCUT2D eigenvalue weighted by Crippen LogP contribution is -2.43. The molecular weight excluding hydrogens is 500 g/mol. The Morgan fingerprint density at radius 3 is 2.62 bits per heavy atom. The smallest absolute Gasteiger partial charge is 0.265 e. The monoisotopic (exact) mass is 524 g/mol. The SMILES string of the molecule is Cc1ccc2oc(C3(C)CCN(c4c(C(N)=O)c(=O)n(C)c5cc(O)c(Br)cc45)CC3)nc2c1. The van der Waals surface area contributed by atoms with Crippen LogP contribution in [0.4, 0.5) is 5.69 Å². The maximum atomic E-state index is 13.1. The van der Waals surface area contributed by atoms with E-state index < -0.39 is 11.5 Å². The first kappa shape index (κ1) is 22.5. The number of carbonyl (C=O) groups excluding carboxylic acids is 1. The fourth-order valence-electron chi connectivity index (χ4n) is 4.81. The first-order valence-corrected chi connectivity index (χ1v) is 11.9. The van der Waals surface area contributed by atoms with Gasteiger partial charge < -0.3 is 24.7 Å². The third-order valence-electron chi connectivity index (χ3n) is 6.93. The number of hydrogen-bond donors (Lipinski definition) is 2. The fraction of sp³-hybridized carbons (Fsp3) is 0.320. The predicted molar refractivity (Wildman–Crippen MR) is 135 cm³/mol. The number of phenols is 1. The van der Waals surface area contributed by atoms with Gasteiger partial charge in [0.1, 0.15) is 16.8 Å². The van der Waals surface area contributed by atoms with Crippen molar-refractivity contribution in [3.8, 4) is 5.75 Å². The van der Waals surface area contributed by atoms with Gasteiger partial charge in [0.05, 0.1) is 15.7 Å². The van der Waals surface area contributed by atoms with Crippen molar-refractivity contribution >= 4 is 49.5 Å². The summed E-state index contributed by atoms with van der Waals surface area (Å²) in [6.45, 7) is 5.31. The van der Waals surface area contributed by atoms with E-state index in [0.29, 0.717) is 52.9 Å². The molecule has 0 aliphatic carbocycles. The molecule has 176 valence electrons. The molecule has 2 aromatic carbocycles. The number of halogens is 1. The molecule has 4 aromatic rings. The lowest BCUT2D eigenvalue weighted by molar-refractivity contribution is 0.0999. The van der Waals surface area contributed by atoms with Crippen molar-refractivity contribution < 1.29 is 14.3 Å². The minimum absolute atomic E-state index is 0.0118. The molecule has 34 heavy (non-hydrogen) atoms. The molecule has 0 radical (unpaired) electrons. The molecule has 0 unspecified atom stereocenters. The number of piperidine rings is 1. The van der Waals surface area contributed by atoms with E-state index in [2.05, 4.69) is 22.9 Å². The number of nitrogens with two attached hydrogens (primary N) is 1. The number of nitrogens with zero attached hydrogens (tertiary/aromatic N) is 3. The summed E-state index contributed by atoms with van der Waals surface area (Å²) in [4.78, 5) is 32.3. The summed E-state index contributed by atoms with van der Waals surface area (Å²) in [5, 5.41) is 10.9. The summed E-state index contributed by atoms with van der Waals surface area (Å²) >= 11 is 3.36. The molecule has 5 rings (SSSR count). The number of pyridine rings is 1. The number of benzene rings is 2. The molecule has 1 aliphatic heterocycles. The van der Waals surface area contributed by atoms with Crippen molar-refractivity contribution in [2.75, 3.05) is 18.0 Å². The molecule has 0 spiro atoms. The van der Waals surface area contributed by atoms with Crippen LogP contribution in [-0.2, 0) is 12.5 Å². The predicted octanol–water partition coefficient (Wildman–Crippen LogP) is 4.11. The van der Waals surface area contributed by atoms with Crippen LogP contribution in [0.2, 0.25) is 0 Å². The van der Waals surface area contributed by atoms with Gasteiger partial charge in [-0.05, 0) is 59.5 Å². The second kappa shape index (κ2) is 7.87. The van der Waals surface area contributed by atoms with Crippen molar-refractivity contribution in [2.45, 2.75) is 32.1 Å². The van der Waals surface area contributed by atoms with Gasteiger partial charge in [-0.2, -0.15) is 0 Å². The Morgan fingerprint density at radius 2 is 1.94 bits per heavy atom. The van der Waals surface area contributed by atoms with E-state index >= 15 is 0 Å². The number of hydrogen-bond acceptors (Lipinski definition) is 6. The highest BCUT2D eigenvalue weighted by Gasteiger charge is 2.38. The van der Waals surface area contributed by atoms with Gasteiger partial charge in [0, 0.05) is 37.0 Å². The minimum Gasteiger partial charge on any atom is -0.507 e. The number of primary amides is 1. The Hall–Kier alpha value is -3.33. The van der Waals surface area contributed by atoms with Gasteiger partial charge in [0.15, 0.2) is 5.58 Å². The number of rotatable bonds is 3. The highest BCUT2D eigenvalue weighted by molar-refractivity contribution is 9.10. The number of carbonyl (C=O) groups is 1. The zero-order valence-corrected chi connectivity index (χ0v) is 20.8. The van der Waals surface area contributed by atoms with Crippen LogP contribution in [-0.4, -0.2) is 33.7 Å². The van der Waals surface area contributed by atoms with Gasteiger partial charge >= 0.3 is 0 Å².